The predicted octanol–water partition coefficient (Wildman–Crippen LogP) is 5.97. The summed E-state index contributed by atoms with van der Waals surface area (Å²) >= 11 is 6.02. The quantitative estimate of drug-likeness (QED) is 0.412. The van der Waals surface area contributed by atoms with E-state index < -0.39 is 18.2 Å². The summed E-state index contributed by atoms with van der Waals surface area (Å²) in [5.74, 6) is -0.998. The highest BCUT2D eigenvalue weighted by atomic mass is 35.5. The molecule has 0 bridgehead atoms. The van der Waals surface area contributed by atoms with E-state index >= 15 is 0 Å². The molecule has 1 aliphatic heterocycles. The Hall–Kier alpha value is -3.51. The van der Waals surface area contributed by atoms with Gasteiger partial charge in [-0.15, -0.1) is 0 Å². The van der Waals surface area contributed by atoms with E-state index in [4.69, 9.17) is 21.1 Å². The Morgan fingerprint density at radius 3 is 2.39 bits per heavy atom. The van der Waals surface area contributed by atoms with Crippen LogP contribution in [0.25, 0.3) is 0 Å². The van der Waals surface area contributed by atoms with Crippen LogP contribution in [0.1, 0.15) is 60.2 Å². The summed E-state index contributed by atoms with van der Waals surface area (Å²) < 4.78 is 11.7. The number of ether oxygens (including phenoxy) is 2. The molecule has 0 saturated carbocycles. The van der Waals surface area contributed by atoms with E-state index in [0.717, 1.165) is 6.42 Å². The molecular weight excluding hydrogens is 478 g/mol. The van der Waals surface area contributed by atoms with E-state index in [2.05, 4.69) is 50.4 Å². The molecule has 0 radical (unpaired) electrons. The van der Waals surface area contributed by atoms with Crippen LogP contribution in [0.5, 0.6) is 11.5 Å². The number of nitrogens with one attached hydrogen (secondary N) is 1. The molecule has 7 heteroatoms. The van der Waals surface area contributed by atoms with Crippen LogP contribution in [0.3, 0.4) is 0 Å². The van der Waals surface area contributed by atoms with Crippen LogP contribution in [-0.4, -0.2) is 29.8 Å². The largest absolute Gasteiger partial charge is 0.481 e. The third-order valence-corrected chi connectivity index (χ3v) is 6.47. The van der Waals surface area contributed by atoms with E-state index in [0.29, 0.717) is 34.2 Å². The number of hydrogen-bond donors (Lipinski definition) is 2. The van der Waals surface area contributed by atoms with Gasteiger partial charge in [0.25, 0.3) is 5.91 Å². The normalized spacial score (nSPS) is 17.0. The summed E-state index contributed by atoms with van der Waals surface area (Å²) in [6, 6.07) is 20.1. The minimum Gasteiger partial charge on any atom is -0.481 e. The van der Waals surface area contributed by atoms with Crippen LogP contribution in [0.15, 0.2) is 66.7 Å². The second-order valence-corrected chi connectivity index (χ2v) is 10.4. The first-order valence-corrected chi connectivity index (χ1v) is 12.3. The molecule has 1 heterocycles. The SMILES string of the molecule is CC(C)(C)c1ccc(CCNC(=O)c2ccc(OC3CC(C(=O)O)c4cc(Cl)ccc4O3)cc2)cc1. The second-order valence-electron chi connectivity index (χ2n) is 9.95. The van der Waals surface area contributed by atoms with E-state index in [9.17, 15) is 14.7 Å². The van der Waals surface area contributed by atoms with Gasteiger partial charge in [-0.3, -0.25) is 9.59 Å². The maximum atomic E-state index is 12.6. The lowest BCUT2D eigenvalue weighted by molar-refractivity contribution is -0.141. The number of carboxylic acids is 1. The van der Waals surface area contributed by atoms with Crippen LogP contribution >= 0.6 is 11.6 Å². The molecule has 4 rings (SSSR count). The Morgan fingerprint density at radius 2 is 1.75 bits per heavy atom. The molecule has 0 saturated heterocycles. The van der Waals surface area contributed by atoms with Crippen molar-refractivity contribution >= 4 is 23.5 Å². The molecule has 188 valence electrons. The van der Waals surface area contributed by atoms with Gasteiger partial charge in [0.05, 0.1) is 5.92 Å². The Morgan fingerprint density at radius 1 is 1.06 bits per heavy atom. The number of hydrogen-bond acceptors (Lipinski definition) is 4. The minimum absolute atomic E-state index is 0.114. The lowest BCUT2D eigenvalue weighted by atomic mass is 9.86. The smallest absolute Gasteiger partial charge is 0.311 e. The Kier molecular flexibility index (Phi) is 7.55. The first-order valence-electron chi connectivity index (χ1n) is 11.9. The average Bonchev–Trinajstić information content (AvgIpc) is 2.84. The zero-order valence-electron chi connectivity index (χ0n) is 20.6. The fourth-order valence-electron chi connectivity index (χ4n) is 4.14. The third-order valence-electron chi connectivity index (χ3n) is 6.24. The molecular formula is C29H30ClNO5. The van der Waals surface area contributed by atoms with Gasteiger partial charge in [0.1, 0.15) is 11.5 Å². The van der Waals surface area contributed by atoms with E-state index in [1.54, 1.807) is 42.5 Å². The first-order chi connectivity index (χ1) is 17.1. The van der Waals surface area contributed by atoms with Crippen molar-refractivity contribution in [2.24, 2.45) is 0 Å². The molecule has 0 aliphatic carbocycles. The summed E-state index contributed by atoms with van der Waals surface area (Å²) in [7, 11) is 0. The van der Waals surface area contributed by atoms with Crippen molar-refractivity contribution in [1.29, 1.82) is 0 Å². The molecule has 3 aromatic carbocycles. The number of aliphatic carboxylic acids is 1. The number of carboxylic acid groups (broad SMARTS) is 1. The molecule has 6 nitrogen and oxygen atoms in total. The molecule has 0 fully saturated rings. The van der Waals surface area contributed by atoms with Gasteiger partial charge in [0, 0.05) is 29.1 Å². The van der Waals surface area contributed by atoms with Gasteiger partial charge < -0.3 is 19.9 Å². The standard InChI is InChI=1S/C29H30ClNO5/c1-29(2,3)20-8-4-18(5-9-20)14-15-31-27(32)19-6-11-22(12-7-19)35-26-17-24(28(33)34)23-16-21(30)10-13-25(23)36-26/h4-13,16,24,26H,14-15,17H2,1-3H3,(H,31,32)(H,33,34). The lowest BCUT2D eigenvalue weighted by Crippen LogP contribution is -2.33. The van der Waals surface area contributed by atoms with Crippen LogP contribution in [0.4, 0.5) is 0 Å². The Bertz CT molecular complexity index is 1230. The van der Waals surface area contributed by atoms with E-state index in [1.807, 2.05) is 0 Å². The van der Waals surface area contributed by atoms with Crippen molar-refractivity contribution in [2.45, 2.75) is 51.2 Å². The Labute approximate surface area is 216 Å². The minimum atomic E-state index is -0.965. The number of rotatable bonds is 7. The number of carbonyl (C=O) groups excluding carboxylic acids is 1. The van der Waals surface area contributed by atoms with Crippen LogP contribution < -0.4 is 14.8 Å². The van der Waals surface area contributed by atoms with Crippen molar-refractivity contribution in [3.63, 3.8) is 0 Å². The third kappa shape index (κ3) is 6.18. The number of fused-ring (bicyclic) bond motifs is 1. The summed E-state index contributed by atoms with van der Waals surface area (Å²) in [4.78, 5) is 24.3. The maximum Gasteiger partial charge on any atom is 0.311 e. The van der Waals surface area contributed by atoms with E-state index in [-0.39, 0.29) is 17.7 Å². The molecule has 0 spiro atoms. The summed E-state index contributed by atoms with van der Waals surface area (Å²) in [6.45, 7) is 7.08. The van der Waals surface area contributed by atoms with Gasteiger partial charge in [-0.05, 0) is 65.4 Å². The molecule has 2 atom stereocenters. The summed E-state index contributed by atoms with van der Waals surface area (Å²) in [5, 5.41) is 13.0. The molecule has 1 aliphatic rings. The van der Waals surface area contributed by atoms with Crippen LogP contribution in [0, 0.1) is 0 Å². The van der Waals surface area contributed by atoms with Gasteiger partial charge in [0.15, 0.2) is 0 Å². The van der Waals surface area contributed by atoms with Crippen molar-refractivity contribution < 1.29 is 24.2 Å². The highest BCUT2D eigenvalue weighted by Gasteiger charge is 2.34. The van der Waals surface area contributed by atoms with Crippen molar-refractivity contribution in [3.05, 3.63) is 94.0 Å². The van der Waals surface area contributed by atoms with Gasteiger partial charge in [-0.25, -0.2) is 0 Å². The van der Waals surface area contributed by atoms with Crippen LogP contribution in [-0.2, 0) is 16.6 Å². The number of halogens is 1. The Balaban J connectivity index is 1.31. The molecule has 2 N–H and O–H groups in total. The van der Waals surface area contributed by atoms with Gasteiger partial charge >= 0.3 is 5.97 Å². The monoisotopic (exact) mass is 507 g/mol. The molecule has 2 unspecified atom stereocenters. The van der Waals surface area contributed by atoms with Gasteiger partial charge in [-0.2, -0.15) is 0 Å². The maximum absolute atomic E-state index is 12.6. The molecule has 36 heavy (non-hydrogen) atoms. The molecule has 1 amide bonds. The molecule has 0 aromatic heterocycles. The highest BCUT2D eigenvalue weighted by Crippen LogP contribution is 2.38. The lowest BCUT2D eigenvalue weighted by Gasteiger charge is -2.30. The summed E-state index contributed by atoms with van der Waals surface area (Å²) in [5.41, 5.74) is 3.61. The number of carbonyl (C=O) groups is 2. The number of benzene rings is 3. The average molecular weight is 508 g/mol. The zero-order valence-corrected chi connectivity index (χ0v) is 21.3. The van der Waals surface area contributed by atoms with Crippen LogP contribution in [0.2, 0.25) is 5.02 Å². The van der Waals surface area contributed by atoms with Crippen molar-refractivity contribution in [1.82, 2.24) is 5.32 Å². The van der Waals surface area contributed by atoms with Crippen molar-refractivity contribution in [3.8, 4) is 11.5 Å². The van der Waals surface area contributed by atoms with Gasteiger partial charge in [-0.1, -0.05) is 56.6 Å². The van der Waals surface area contributed by atoms with E-state index in [1.165, 1.54) is 11.1 Å². The van der Waals surface area contributed by atoms with Gasteiger partial charge in [0.2, 0.25) is 6.29 Å². The highest BCUT2D eigenvalue weighted by molar-refractivity contribution is 6.30. The molecule has 3 aromatic rings. The first kappa shape index (κ1) is 25.6. The zero-order chi connectivity index (χ0) is 25.9. The second kappa shape index (κ2) is 10.6. The van der Waals surface area contributed by atoms with Crippen molar-refractivity contribution in [2.75, 3.05) is 6.54 Å². The summed E-state index contributed by atoms with van der Waals surface area (Å²) in [6.07, 6.45) is 0.110. The fraction of sp³-hybridized carbons (Fsp3) is 0.310. The number of amides is 1. The fourth-order valence-corrected chi connectivity index (χ4v) is 4.33. The topological polar surface area (TPSA) is 84.9 Å². The predicted molar refractivity (Wildman–Crippen MR) is 139 cm³/mol.